The van der Waals surface area contributed by atoms with Crippen LogP contribution in [-0.4, -0.2) is 28.7 Å². The van der Waals surface area contributed by atoms with E-state index in [4.69, 9.17) is 16.0 Å². The molecule has 0 fully saturated rings. The maximum Gasteiger partial charge on any atom is 0.260 e. The van der Waals surface area contributed by atoms with Gasteiger partial charge in [0.1, 0.15) is 16.5 Å². The normalized spacial score (nSPS) is 13.2. The number of fused-ring (bicyclic) bond motifs is 2. The Bertz CT molecular complexity index is 1990. The highest BCUT2D eigenvalue weighted by molar-refractivity contribution is 7.89. The summed E-state index contributed by atoms with van der Waals surface area (Å²) in [5, 5.41) is 8.92. The Kier molecular flexibility index (Phi) is 7.21. The molecule has 3 heterocycles. The second-order valence-electron chi connectivity index (χ2n) is 11.4. The third kappa shape index (κ3) is 5.72. The van der Waals surface area contributed by atoms with Gasteiger partial charge in [-0.15, -0.1) is 0 Å². The summed E-state index contributed by atoms with van der Waals surface area (Å²) in [7, 11) is -2.15. The fourth-order valence-corrected chi connectivity index (χ4v) is 6.69. The molecule has 9 nitrogen and oxygen atoms in total. The third-order valence-corrected chi connectivity index (χ3v) is 8.54. The summed E-state index contributed by atoms with van der Waals surface area (Å²) in [6, 6.07) is 12.1. The molecule has 0 amide bonds. The number of pyridine rings is 1. The van der Waals surface area contributed by atoms with E-state index in [9.17, 15) is 13.2 Å². The average Bonchev–Trinajstić information content (AvgIpc) is 3.24. The minimum absolute atomic E-state index is 0.0511. The van der Waals surface area contributed by atoms with Crippen LogP contribution >= 0.6 is 11.6 Å². The van der Waals surface area contributed by atoms with Crippen molar-refractivity contribution in [2.45, 2.75) is 58.1 Å². The van der Waals surface area contributed by atoms with Crippen molar-refractivity contribution in [1.82, 2.24) is 19.5 Å². The van der Waals surface area contributed by atoms with Crippen molar-refractivity contribution in [1.29, 1.82) is 0 Å². The van der Waals surface area contributed by atoms with Gasteiger partial charge in [-0.1, -0.05) is 17.7 Å². The zero-order chi connectivity index (χ0) is 29.9. The van der Waals surface area contributed by atoms with Gasteiger partial charge in [-0.05, 0) is 83.5 Å². The second-order valence-corrected chi connectivity index (χ2v) is 13.4. The standard InChI is InChI=1S/C30H32ClN5O4S/c1-16-12-21(18(3)32-24-10-11-25(31)33-29(24)41(38,39)35-30(4,5)6)28-22(13-16)26(37)17(2)27(40-28)19-8-9-23-20(14-19)15-36(7)34-23/h8-15,18,32,35H,1-7H3. The van der Waals surface area contributed by atoms with Crippen LogP contribution in [0, 0.1) is 13.8 Å². The molecule has 41 heavy (non-hydrogen) atoms. The number of benzene rings is 2. The summed E-state index contributed by atoms with van der Waals surface area (Å²) in [6.45, 7) is 10.8. The largest absolute Gasteiger partial charge is 0.455 e. The van der Waals surface area contributed by atoms with Gasteiger partial charge in [-0.25, -0.2) is 18.1 Å². The molecule has 2 aromatic carbocycles. The minimum atomic E-state index is -4.01. The molecule has 0 saturated carbocycles. The molecule has 5 rings (SSSR count). The Hall–Kier alpha value is -3.73. The van der Waals surface area contributed by atoms with Gasteiger partial charge < -0.3 is 9.73 Å². The Balaban J connectivity index is 1.64. The lowest BCUT2D eigenvalue weighted by atomic mass is 9.98. The Morgan fingerprint density at radius 3 is 2.51 bits per heavy atom. The molecule has 1 atom stereocenters. The lowest BCUT2D eigenvalue weighted by Gasteiger charge is -2.23. The summed E-state index contributed by atoms with van der Waals surface area (Å²) in [5.74, 6) is 0.469. The predicted octanol–water partition coefficient (Wildman–Crippen LogP) is 6.26. The van der Waals surface area contributed by atoms with Crippen molar-refractivity contribution < 1.29 is 12.8 Å². The van der Waals surface area contributed by atoms with Crippen LogP contribution in [0.1, 0.15) is 50.4 Å². The van der Waals surface area contributed by atoms with Crippen LogP contribution in [0.5, 0.6) is 0 Å². The van der Waals surface area contributed by atoms with E-state index in [1.165, 1.54) is 6.07 Å². The quantitative estimate of drug-likeness (QED) is 0.223. The molecule has 214 valence electrons. The van der Waals surface area contributed by atoms with Crippen LogP contribution in [0.2, 0.25) is 5.15 Å². The molecule has 0 aliphatic rings. The van der Waals surface area contributed by atoms with Crippen LogP contribution in [-0.2, 0) is 17.1 Å². The van der Waals surface area contributed by atoms with Crippen molar-refractivity contribution in [3.8, 4) is 11.3 Å². The van der Waals surface area contributed by atoms with Crippen LogP contribution in [0.25, 0.3) is 33.2 Å². The molecule has 0 saturated heterocycles. The number of nitrogens with one attached hydrogen (secondary N) is 2. The number of anilines is 1. The molecule has 0 aliphatic carbocycles. The van der Waals surface area contributed by atoms with Crippen LogP contribution in [0.15, 0.2) is 62.9 Å². The van der Waals surface area contributed by atoms with Crippen molar-refractivity contribution in [3.05, 3.63) is 80.7 Å². The minimum Gasteiger partial charge on any atom is -0.455 e. The fraction of sp³-hybridized carbons (Fsp3) is 0.300. The number of hydrogen-bond acceptors (Lipinski definition) is 7. The number of hydrogen-bond donors (Lipinski definition) is 2. The Morgan fingerprint density at radius 2 is 1.80 bits per heavy atom. The van der Waals surface area contributed by atoms with Gasteiger partial charge >= 0.3 is 0 Å². The first-order valence-corrected chi connectivity index (χ1v) is 15.0. The number of sulfonamides is 1. The lowest BCUT2D eigenvalue weighted by Crippen LogP contribution is -2.41. The molecule has 1 unspecified atom stereocenters. The van der Waals surface area contributed by atoms with E-state index < -0.39 is 21.6 Å². The number of halogens is 1. The van der Waals surface area contributed by atoms with Crippen molar-refractivity contribution >= 4 is 49.2 Å². The summed E-state index contributed by atoms with van der Waals surface area (Å²) in [5.41, 5.74) is 3.51. The van der Waals surface area contributed by atoms with Gasteiger partial charge in [0.05, 0.1) is 22.6 Å². The van der Waals surface area contributed by atoms with Gasteiger partial charge in [0.25, 0.3) is 10.0 Å². The van der Waals surface area contributed by atoms with Gasteiger partial charge in [-0.2, -0.15) is 5.10 Å². The van der Waals surface area contributed by atoms with Crippen molar-refractivity contribution in [3.63, 3.8) is 0 Å². The van der Waals surface area contributed by atoms with Crippen LogP contribution in [0.3, 0.4) is 0 Å². The third-order valence-electron chi connectivity index (χ3n) is 6.63. The van der Waals surface area contributed by atoms with E-state index in [2.05, 4.69) is 20.1 Å². The summed E-state index contributed by atoms with van der Waals surface area (Å²) < 4.78 is 37.4. The highest BCUT2D eigenvalue weighted by atomic mass is 35.5. The second kappa shape index (κ2) is 10.3. The van der Waals surface area contributed by atoms with E-state index in [-0.39, 0.29) is 21.3 Å². The zero-order valence-corrected chi connectivity index (χ0v) is 25.5. The molecular weight excluding hydrogens is 562 g/mol. The molecular formula is C30H32ClN5O4S. The first-order chi connectivity index (χ1) is 19.1. The summed E-state index contributed by atoms with van der Waals surface area (Å²) in [4.78, 5) is 17.8. The molecule has 2 N–H and O–H groups in total. The first-order valence-electron chi connectivity index (χ1n) is 13.1. The first kappa shape index (κ1) is 28.8. The number of aromatic nitrogens is 3. The Morgan fingerprint density at radius 1 is 1.07 bits per heavy atom. The highest BCUT2D eigenvalue weighted by Gasteiger charge is 2.28. The topological polar surface area (TPSA) is 119 Å². The SMILES string of the molecule is Cc1cc(C(C)Nc2ccc(Cl)nc2S(=O)(=O)NC(C)(C)C)c2oc(-c3ccc4nn(C)cc4c3)c(C)c(=O)c2c1. The van der Waals surface area contributed by atoms with Gasteiger partial charge in [0.15, 0.2) is 10.5 Å². The zero-order valence-electron chi connectivity index (χ0n) is 24.0. The molecule has 5 aromatic rings. The van der Waals surface area contributed by atoms with Crippen molar-refractivity contribution in [2.75, 3.05) is 5.32 Å². The van der Waals surface area contributed by atoms with Gasteiger partial charge in [-0.3, -0.25) is 9.48 Å². The molecule has 3 aromatic heterocycles. The maximum atomic E-state index is 13.6. The monoisotopic (exact) mass is 593 g/mol. The maximum absolute atomic E-state index is 13.6. The summed E-state index contributed by atoms with van der Waals surface area (Å²) in [6.07, 6.45) is 1.91. The fourth-order valence-electron chi connectivity index (χ4n) is 4.95. The molecule has 11 heteroatoms. The smallest absolute Gasteiger partial charge is 0.260 e. The molecule has 0 radical (unpaired) electrons. The molecule has 0 aliphatic heterocycles. The van der Waals surface area contributed by atoms with Crippen LogP contribution < -0.4 is 15.5 Å². The molecule has 0 bridgehead atoms. The Labute approximate surface area is 243 Å². The van der Waals surface area contributed by atoms with Crippen LogP contribution in [0.4, 0.5) is 5.69 Å². The van der Waals surface area contributed by atoms with Gasteiger partial charge in [0.2, 0.25) is 0 Å². The number of aryl methyl sites for hydroxylation is 2. The van der Waals surface area contributed by atoms with E-state index >= 15 is 0 Å². The lowest BCUT2D eigenvalue weighted by molar-refractivity contribution is 0.490. The van der Waals surface area contributed by atoms with E-state index in [0.717, 1.165) is 22.0 Å². The van der Waals surface area contributed by atoms with Crippen molar-refractivity contribution in [2.24, 2.45) is 7.05 Å². The molecule has 0 spiro atoms. The van der Waals surface area contributed by atoms with E-state index in [0.29, 0.717) is 27.9 Å². The van der Waals surface area contributed by atoms with E-state index in [1.807, 2.05) is 57.4 Å². The van der Waals surface area contributed by atoms with E-state index in [1.54, 1.807) is 38.4 Å². The number of rotatable bonds is 6. The number of nitrogens with zero attached hydrogens (tertiary/aromatic N) is 3. The predicted molar refractivity (Wildman–Crippen MR) is 163 cm³/mol. The highest BCUT2D eigenvalue weighted by Crippen LogP contribution is 2.34. The average molecular weight is 594 g/mol. The van der Waals surface area contributed by atoms with Gasteiger partial charge in [0, 0.05) is 40.9 Å². The summed E-state index contributed by atoms with van der Waals surface area (Å²) >= 11 is 6.11.